The molecule has 2 atom stereocenters. The van der Waals surface area contributed by atoms with E-state index in [4.69, 9.17) is 0 Å². The first kappa shape index (κ1) is 11.9. The lowest BCUT2D eigenvalue weighted by atomic mass is 10.1. The number of benzene rings is 1. The molecule has 0 saturated heterocycles. The lowest BCUT2D eigenvalue weighted by Crippen LogP contribution is -2.15. The maximum absolute atomic E-state index is 12.9. The van der Waals surface area contributed by atoms with Crippen molar-refractivity contribution in [3.8, 4) is 0 Å². The van der Waals surface area contributed by atoms with Gasteiger partial charge in [-0.1, -0.05) is 13.3 Å². The zero-order chi connectivity index (χ0) is 11.5. The third-order valence-electron chi connectivity index (χ3n) is 3.41. The fourth-order valence-corrected chi connectivity index (χ4v) is 2.87. The summed E-state index contributed by atoms with van der Waals surface area (Å²) in [6.45, 7) is 2.25. The van der Waals surface area contributed by atoms with Gasteiger partial charge in [0.05, 0.1) is 0 Å². The molecule has 1 fully saturated rings. The van der Waals surface area contributed by atoms with Crippen molar-refractivity contribution in [3.63, 3.8) is 0 Å². The third-order valence-corrected chi connectivity index (χ3v) is 4.07. The van der Waals surface area contributed by atoms with E-state index in [0.29, 0.717) is 6.04 Å². The first-order chi connectivity index (χ1) is 7.69. The highest BCUT2D eigenvalue weighted by molar-refractivity contribution is 9.10. The number of anilines is 1. The number of rotatable bonds is 3. The molecule has 2 rings (SSSR count). The van der Waals surface area contributed by atoms with Crippen LogP contribution < -0.4 is 5.32 Å². The summed E-state index contributed by atoms with van der Waals surface area (Å²) in [4.78, 5) is 0. The minimum absolute atomic E-state index is 0.199. The van der Waals surface area contributed by atoms with Gasteiger partial charge in [0.1, 0.15) is 5.82 Å². The van der Waals surface area contributed by atoms with E-state index in [1.807, 2.05) is 0 Å². The van der Waals surface area contributed by atoms with E-state index in [9.17, 15) is 4.39 Å². The Bertz CT molecular complexity index is 367. The van der Waals surface area contributed by atoms with Gasteiger partial charge in [0.15, 0.2) is 0 Å². The molecule has 1 aromatic carbocycles. The molecule has 0 amide bonds. The highest BCUT2D eigenvalue weighted by Crippen LogP contribution is 2.32. The van der Waals surface area contributed by atoms with Gasteiger partial charge >= 0.3 is 0 Å². The molecule has 1 aromatic rings. The molecule has 1 saturated carbocycles. The van der Waals surface area contributed by atoms with Gasteiger partial charge in [0.25, 0.3) is 0 Å². The molecule has 1 aliphatic carbocycles. The Hall–Kier alpha value is -0.570. The molecule has 1 aliphatic rings. The first-order valence-electron chi connectivity index (χ1n) is 5.90. The summed E-state index contributed by atoms with van der Waals surface area (Å²) in [7, 11) is 0. The second-order valence-electron chi connectivity index (χ2n) is 4.55. The van der Waals surface area contributed by atoms with Crippen LogP contribution in [0.2, 0.25) is 0 Å². The van der Waals surface area contributed by atoms with Crippen molar-refractivity contribution < 1.29 is 4.39 Å². The van der Waals surface area contributed by atoms with Crippen LogP contribution in [-0.2, 0) is 0 Å². The molecule has 1 N–H and O–H groups in total. The fraction of sp³-hybridized carbons (Fsp3) is 0.538. The van der Waals surface area contributed by atoms with E-state index in [-0.39, 0.29) is 5.82 Å². The molecule has 1 nitrogen and oxygen atoms in total. The van der Waals surface area contributed by atoms with Crippen molar-refractivity contribution in [3.05, 3.63) is 28.5 Å². The van der Waals surface area contributed by atoms with Crippen LogP contribution in [-0.4, -0.2) is 6.04 Å². The quantitative estimate of drug-likeness (QED) is 0.857. The Balaban J connectivity index is 1.99. The second-order valence-corrected chi connectivity index (χ2v) is 5.41. The van der Waals surface area contributed by atoms with E-state index in [1.54, 1.807) is 6.07 Å². The number of hydrogen-bond acceptors (Lipinski definition) is 1. The highest BCUT2D eigenvalue weighted by atomic mass is 79.9. The van der Waals surface area contributed by atoms with Crippen molar-refractivity contribution >= 4 is 21.6 Å². The van der Waals surface area contributed by atoms with Gasteiger partial charge in [0, 0.05) is 16.2 Å². The number of nitrogens with one attached hydrogen (secondary N) is 1. The normalized spacial score (nSPS) is 24.7. The maximum Gasteiger partial charge on any atom is 0.124 e. The molecule has 2 unspecified atom stereocenters. The van der Waals surface area contributed by atoms with Gasteiger partial charge in [-0.3, -0.25) is 0 Å². The maximum atomic E-state index is 12.9. The molecular formula is C13H17BrFN. The first-order valence-corrected chi connectivity index (χ1v) is 6.70. The topological polar surface area (TPSA) is 12.0 Å². The molecule has 16 heavy (non-hydrogen) atoms. The highest BCUT2D eigenvalue weighted by Gasteiger charge is 2.23. The Labute approximate surface area is 105 Å². The third kappa shape index (κ3) is 2.76. The van der Waals surface area contributed by atoms with E-state index < -0.39 is 0 Å². The molecule has 88 valence electrons. The van der Waals surface area contributed by atoms with Gasteiger partial charge in [-0.25, -0.2) is 4.39 Å². The summed E-state index contributed by atoms with van der Waals surface area (Å²) in [6.07, 6.45) is 5.04. The van der Waals surface area contributed by atoms with Gasteiger partial charge < -0.3 is 5.32 Å². The summed E-state index contributed by atoms with van der Waals surface area (Å²) in [6, 6.07) is 5.36. The number of halogens is 2. The lowest BCUT2D eigenvalue weighted by Gasteiger charge is -2.15. The van der Waals surface area contributed by atoms with Crippen LogP contribution in [0.15, 0.2) is 22.7 Å². The van der Waals surface area contributed by atoms with Crippen LogP contribution in [0.1, 0.15) is 32.6 Å². The van der Waals surface area contributed by atoms with Crippen LogP contribution in [0.4, 0.5) is 10.1 Å². The van der Waals surface area contributed by atoms with Gasteiger partial charge in [-0.05, 0) is 59.3 Å². The van der Waals surface area contributed by atoms with Gasteiger partial charge in [-0.15, -0.1) is 0 Å². The average Bonchev–Trinajstić information content (AvgIpc) is 2.70. The van der Waals surface area contributed by atoms with Crippen LogP contribution in [0, 0.1) is 11.7 Å². The Morgan fingerprint density at radius 2 is 2.25 bits per heavy atom. The van der Waals surface area contributed by atoms with Crippen molar-refractivity contribution in [2.24, 2.45) is 5.92 Å². The molecule has 0 spiro atoms. The van der Waals surface area contributed by atoms with Crippen LogP contribution in [0.3, 0.4) is 0 Å². The fourth-order valence-electron chi connectivity index (χ4n) is 2.40. The Morgan fingerprint density at radius 3 is 2.88 bits per heavy atom. The smallest absolute Gasteiger partial charge is 0.124 e. The molecule has 0 aliphatic heterocycles. The van der Waals surface area contributed by atoms with E-state index in [0.717, 1.165) is 16.1 Å². The minimum atomic E-state index is -0.199. The van der Waals surface area contributed by atoms with Crippen molar-refractivity contribution in [2.45, 2.75) is 38.6 Å². The molecule has 0 aromatic heterocycles. The van der Waals surface area contributed by atoms with E-state index in [2.05, 4.69) is 28.2 Å². The van der Waals surface area contributed by atoms with Crippen molar-refractivity contribution in [1.29, 1.82) is 0 Å². The zero-order valence-corrected chi connectivity index (χ0v) is 11.1. The van der Waals surface area contributed by atoms with Crippen LogP contribution in [0.25, 0.3) is 0 Å². The zero-order valence-electron chi connectivity index (χ0n) is 9.47. The SMILES string of the molecule is CCC1CCC(Nc2ccc(F)cc2Br)C1. The van der Waals surface area contributed by atoms with Crippen LogP contribution in [0.5, 0.6) is 0 Å². The summed E-state index contributed by atoms with van der Waals surface area (Å²) in [5.74, 6) is 0.659. The van der Waals surface area contributed by atoms with Crippen molar-refractivity contribution in [1.82, 2.24) is 0 Å². The van der Waals surface area contributed by atoms with Crippen LogP contribution >= 0.6 is 15.9 Å². The monoisotopic (exact) mass is 285 g/mol. The second kappa shape index (κ2) is 5.17. The lowest BCUT2D eigenvalue weighted by molar-refractivity contribution is 0.525. The molecule has 0 radical (unpaired) electrons. The van der Waals surface area contributed by atoms with Gasteiger partial charge in [-0.2, -0.15) is 0 Å². The molecule has 0 heterocycles. The van der Waals surface area contributed by atoms with Gasteiger partial charge in [0.2, 0.25) is 0 Å². The van der Waals surface area contributed by atoms with E-state index >= 15 is 0 Å². The molecule has 3 heteroatoms. The molecular weight excluding hydrogens is 269 g/mol. The minimum Gasteiger partial charge on any atom is -0.381 e. The average molecular weight is 286 g/mol. The molecule has 0 bridgehead atoms. The van der Waals surface area contributed by atoms with Crippen molar-refractivity contribution in [2.75, 3.05) is 5.32 Å². The van der Waals surface area contributed by atoms with E-state index in [1.165, 1.54) is 37.8 Å². The predicted molar refractivity (Wildman–Crippen MR) is 69.1 cm³/mol. The summed E-state index contributed by atoms with van der Waals surface area (Å²) in [5.41, 5.74) is 1.00. The Kier molecular flexibility index (Phi) is 3.85. The summed E-state index contributed by atoms with van der Waals surface area (Å²) >= 11 is 3.38. The Morgan fingerprint density at radius 1 is 1.44 bits per heavy atom. The number of hydrogen-bond donors (Lipinski definition) is 1. The summed E-state index contributed by atoms with van der Waals surface area (Å²) < 4.78 is 13.7. The standard InChI is InChI=1S/C13H17BrFN/c1-2-9-3-5-11(7-9)16-13-6-4-10(15)8-12(13)14/h4,6,8-9,11,16H,2-3,5,7H2,1H3. The largest absolute Gasteiger partial charge is 0.381 e. The predicted octanol–water partition coefficient (Wildman–Crippen LogP) is 4.58. The summed E-state index contributed by atoms with van der Waals surface area (Å²) in [5, 5.41) is 3.49.